The van der Waals surface area contributed by atoms with Crippen molar-refractivity contribution in [3.63, 3.8) is 0 Å². The molecule has 5 nitrogen and oxygen atoms in total. The second-order valence-corrected chi connectivity index (χ2v) is 6.24. The molecule has 1 heterocycles. The molecule has 0 aliphatic rings. The number of carbonyl (C=O) groups is 1. The van der Waals surface area contributed by atoms with E-state index in [9.17, 15) is 13.6 Å². The lowest BCUT2D eigenvalue weighted by molar-refractivity contribution is -0.0512. The van der Waals surface area contributed by atoms with Crippen LogP contribution in [-0.4, -0.2) is 24.6 Å². The number of benzene rings is 2. The zero-order chi connectivity index (χ0) is 20.8. The van der Waals surface area contributed by atoms with Crippen molar-refractivity contribution in [3.8, 4) is 22.8 Å². The van der Waals surface area contributed by atoms with E-state index in [4.69, 9.17) is 4.74 Å². The average molecular weight is 398 g/mol. The molecule has 0 saturated heterocycles. The van der Waals surface area contributed by atoms with E-state index in [2.05, 4.69) is 15.0 Å². The highest BCUT2D eigenvalue weighted by molar-refractivity contribution is 5.95. The summed E-state index contributed by atoms with van der Waals surface area (Å²) in [6.07, 6.45) is 0. The molecule has 0 radical (unpaired) electrons. The Labute approximate surface area is 167 Å². The summed E-state index contributed by atoms with van der Waals surface area (Å²) in [5.41, 5.74) is 3.53. The van der Waals surface area contributed by atoms with Gasteiger partial charge in [-0.15, -0.1) is 0 Å². The first-order valence-electron chi connectivity index (χ1n) is 8.91. The van der Waals surface area contributed by atoms with E-state index in [0.717, 1.165) is 11.3 Å². The fourth-order valence-electron chi connectivity index (χ4n) is 2.86. The van der Waals surface area contributed by atoms with Crippen LogP contribution in [0.4, 0.5) is 8.78 Å². The molecule has 0 aliphatic heterocycles. The Kier molecular flexibility index (Phi) is 6.39. The Balaban J connectivity index is 1.69. The second-order valence-electron chi connectivity index (χ2n) is 6.24. The summed E-state index contributed by atoms with van der Waals surface area (Å²) in [5, 5.41) is 2.80. The van der Waals surface area contributed by atoms with Gasteiger partial charge in [-0.05, 0) is 36.8 Å². The number of hydrogen-bond donors (Lipinski definition) is 1. The molecule has 0 atom stereocenters. The van der Waals surface area contributed by atoms with Crippen LogP contribution in [0.1, 0.15) is 21.6 Å². The van der Waals surface area contributed by atoms with Crippen LogP contribution < -0.4 is 14.8 Å². The zero-order valence-corrected chi connectivity index (χ0v) is 16.0. The van der Waals surface area contributed by atoms with Crippen LogP contribution in [0.5, 0.6) is 11.5 Å². The third kappa shape index (κ3) is 5.07. The van der Waals surface area contributed by atoms with E-state index in [1.54, 1.807) is 31.2 Å². The third-order valence-electron chi connectivity index (χ3n) is 4.30. The van der Waals surface area contributed by atoms with E-state index in [-0.39, 0.29) is 24.0 Å². The molecule has 7 heteroatoms. The fraction of sp³-hybridized carbons (Fsp3) is 0.182. The Morgan fingerprint density at radius 1 is 1.07 bits per heavy atom. The number of ether oxygens (including phenoxy) is 2. The van der Waals surface area contributed by atoms with E-state index in [1.165, 1.54) is 13.2 Å². The van der Waals surface area contributed by atoms with Gasteiger partial charge >= 0.3 is 6.61 Å². The van der Waals surface area contributed by atoms with Crippen molar-refractivity contribution in [2.75, 3.05) is 7.11 Å². The summed E-state index contributed by atoms with van der Waals surface area (Å²) in [4.78, 5) is 17.1. The number of aromatic nitrogens is 1. The first-order valence-corrected chi connectivity index (χ1v) is 8.91. The molecule has 0 saturated carbocycles. The highest BCUT2D eigenvalue weighted by atomic mass is 19.3. The van der Waals surface area contributed by atoms with Crippen molar-refractivity contribution in [3.05, 3.63) is 77.5 Å². The van der Waals surface area contributed by atoms with Crippen molar-refractivity contribution >= 4 is 5.91 Å². The predicted octanol–water partition coefficient (Wildman–Crippen LogP) is 4.60. The second kappa shape index (κ2) is 9.14. The van der Waals surface area contributed by atoms with E-state index in [1.807, 2.05) is 30.3 Å². The average Bonchev–Trinajstić information content (AvgIpc) is 2.73. The Morgan fingerprint density at radius 3 is 2.48 bits per heavy atom. The lowest BCUT2D eigenvalue weighted by Crippen LogP contribution is -2.24. The molecular weight excluding hydrogens is 378 g/mol. The standard InChI is InChI=1S/C22H20F2N2O3/c1-14-17(9-10-18(26-14)16-6-4-3-5-7-16)21(27)25-13-15-8-11-19(29-22(23)24)20(12-15)28-2/h3-12,22H,13H2,1-2H3,(H,25,27). The minimum atomic E-state index is -2.94. The van der Waals surface area contributed by atoms with Crippen LogP contribution in [0.15, 0.2) is 60.7 Å². The van der Waals surface area contributed by atoms with Gasteiger partial charge in [-0.25, -0.2) is 0 Å². The smallest absolute Gasteiger partial charge is 0.387 e. The maximum absolute atomic E-state index is 12.5. The molecule has 3 aromatic rings. The van der Waals surface area contributed by atoms with Gasteiger partial charge in [0.1, 0.15) is 0 Å². The van der Waals surface area contributed by atoms with Crippen molar-refractivity contribution < 1.29 is 23.0 Å². The number of nitrogens with zero attached hydrogens (tertiary/aromatic N) is 1. The molecule has 0 bridgehead atoms. The third-order valence-corrected chi connectivity index (χ3v) is 4.30. The number of carbonyl (C=O) groups excluding carboxylic acids is 1. The number of rotatable bonds is 7. The van der Waals surface area contributed by atoms with E-state index < -0.39 is 6.61 Å². The van der Waals surface area contributed by atoms with Crippen molar-refractivity contribution in [2.45, 2.75) is 20.1 Å². The van der Waals surface area contributed by atoms with Crippen LogP contribution in [0, 0.1) is 6.92 Å². The van der Waals surface area contributed by atoms with E-state index >= 15 is 0 Å². The number of nitrogens with one attached hydrogen (secondary N) is 1. The molecular formula is C22H20F2N2O3. The van der Waals surface area contributed by atoms with Crippen LogP contribution in [0.2, 0.25) is 0 Å². The first-order chi connectivity index (χ1) is 14.0. The van der Waals surface area contributed by atoms with Gasteiger partial charge in [0.25, 0.3) is 5.91 Å². The first kappa shape index (κ1) is 20.3. The van der Waals surface area contributed by atoms with Crippen molar-refractivity contribution in [2.24, 2.45) is 0 Å². The highest BCUT2D eigenvalue weighted by Crippen LogP contribution is 2.29. The summed E-state index contributed by atoms with van der Waals surface area (Å²) >= 11 is 0. The molecule has 0 unspecified atom stereocenters. The predicted molar refractivity (Wildman–Crippen MR) is 105 cm³/mol. The maximum Gasteiger partial charge on any atom is 0.387 e. The summed E-state index contributed by atoms with van der Waals surface area (Å²) in [5.74, 6) is -0.169. The number of alkyl halides is 2. The normalized spacial score (nSPS) is 10.7. The van der Waals surface area contributed by atoms with Gasteiger partial charge in [-0.1, -0.05) is 36.4 Å². The number of aryl methyl sites for hydroxylation is 1. The van der Waals surface area contributed by atoms with Gasteiger partial charge in [0.15, 0.2) is 11.5 Å². The lowest BCUT2D eigenvalue weighted by Gasteiger charge is -2.12. The number of pyridine rings is 1. The van der Waals surface area contributed by atoms with Crippen LogP contribution in [0.3, 0.4) is 0 Å². The Bertz CT molecular complexity index is 995. The summed E-state index contributed by atoms with van der Waals surface area (Å²) in [6, 6.07) is 17.8. The molecule has 1 aromatic heterocycles. The quantitative estimate of drug-likeness (QED) is 0.632. The van der Waals surface area contributed by atoms with Gasteiger partial charge in [0.2, 0.25) is 0 Å². The summed E-state index contributed by atoms with van der Waals surface area (Å²) in [6.45, 7) is -0.964. The largest absolute Gasteiger partial charge is 0.493 e. The zero-order valence-electron chi connectivity index (χ0n) is 16.0. The Hall–Kier alpha value is -3.48. The van der Waals surface area contributed by atoms with Gasteiger partial charge in [-0.2, -0.15) is 8.78 Å². The van der Waals surface area contributed by atoms with Crippen molar-refractivity contribution in [1.82, 2.24) is 10.3 Å². The van der Waals surface area contributed by atoms with Crippen molar-refractivity contribution in [1.29, 1.82) is 0 Å². The lowest BCUT2D eigenvalue weighted by atomic mass is 10.1. The summed E-state index contributed by atoms with van der Waals surface area (Å²) in [7, 11) is 1.36. The minimum Gasteiger partial charge on any atom is -0.493 e. The van der Waals surface area contributed by atoms with Gasteiger partial charge in [0, 0.05) is 12.1 Å². The van der Waals surface area contributed by atoms with Crippen LogP contribution in [0.25, 0.3) is 11.3 Å². The molecule has 2 aromatic carbocycles. The van der Waals surface area contributed by atoms with Gasteiger partial charge in [-0.3, -0.25) is 9.78 Å². The molecule has 150 valence electrons. The topological polar surface area (TPSA) is 60.5 Å². The Morgan fingerprint density at radius 2 is 1.83 bits per heavy atom. The summed E-state index contributed by atoms with van der Waals surface area (Å²) < 4.78 is 34.3. The van der Waals surface area contributed by atoms with Gasteiger partial charge < -0.3 is 14.8 Å². The minimum absolute atomic E-state index is 0.0610. The molecule has 0 fully saturated rings. The monoisotopic (exact) mass is 398 g/mol. The number of halogens is 2. The molecule has 0 spiro atoms. The fourth-order valence-corrected chi connectivity index (χ4v) is 2.86. The maximum atomic E-state index is 12.5. The SMILES string of the molecule is COc1cc(CNC(=O)c2ccc(-c3ccccc3)nc2C)ccc1OC(F)F. The molecule has 29 heavy (non-hydrogen) atoms. The highest BCUT2D eigenvalue weighted by Gasteiger charge is 2.14. The molecule has 1 N–H and O–H groups in total. The van der Waals surface area contributed by atoms with Gasteiger partial charge in [0.05, 0.1) is 24.1 Å². The molecule has 1 amide bonds. The van der Waals surface area contributed by atoms with E-state index in [0.29, 0.717) is 16.8 Å². The number of amides is 1. The number of methoxy groups -OCH3 is 1. The number of hydrogen-bond acceptors (Lipinski definition) is 4. The molecule has 3 rings (SSSR count). The van der Waals surface area contributed by atoms with Crippen LogP contribution >= 0.6 is 0 Å². The molecule has 0 aliphatic carbocycles. The van der Waals surface area contributed by atoms with Crippen LogP contribution in [-0.2, 0) is 6.54 Å².